The summed E-state index contributed by atoms with van der Waals surface area (Å²) in [4.78, 5) is 14.9. The van der Waals surface area contributed by atoms with Gasteiger partial charge in [-0.3, -0.25) is 4.79 Å². The first-order chi connectivity index (χ1) is 9.45. The minimum atomic E-state index is -0.0132. The minimum Gasteiger partial charge on any atom is -0.397 e. The maximum atomic E-state index is 12.6. The molecular weight excluding hydrogens is 292 g/mol. The molecular formula is C15H19ClN2OS. The lowest BCUT2D eigenvalue weighted by atomic mass is 10.1. The zero-order valence-corrected chi connectivity index (χ0v) is 13.5. The molecule has 0 aliphatic carbocycles. The summed E-state index contributed by atoms with van der Waals surface area (Å²) < 4.78 is 0.954. The molecule has 0 radical (unpaired) electrons. The summed E-state index contributed by atoms with van der Waals surface area (Å²) in [5.74, 6) is -0.0132. The Balaban J connectivity index is 2.37. The van der Waals surface area contributed by atoms with E-state index in [1.807, 2.05) is 19.2 Å². The smallest absolute Gasteiger partial charge is 0.266 e. The standard InChI is InChI=1S/C15H19ClN2OS/c1-4-5-9(2)18(3)15(19)14-13(17)11-7-6-10(16)8-12(11)20-14/h6-9H,4-5,17H2,1-3H3. The van der Waals surface area contributed by atoms with Crippen molar-refractivity contribution in [2.75, 3.05) is 12.8 Å². The number of hydrogen-bond acceptors (Lipinski definition) is 3. The Labute approximate surface area is 128 Å². The van der Waals surface area contributed by atoms with E-state index in [-0.39, 0.29) is 11.9 Å². The van der Waals surface area contributed by atoms with Crippen LogP contribution in [0, 0.1) is 0 Å². The number of carbonyl (C=O) groups excluding carboxylic acids is 1. The van der Waals surface area contributed by atoms with Gasteiger partial charge in [0.1, 0.15) is 4.88 Å². The van der Waals surface area contributed by atoms with E-state index in [0.717, 1.165) is 22.9 Å². The highest BCUT2D eigenvalue weighted by atomic mass is 35.5. The highest BCUT2D eigenvalue weighted by Gasteiger charge is 2.22. The van der Waals surface area contributed by atoms with Crippen LogP contribution in [0.3, 0.4) is 0 Å². The lowest BCUT2D eigenvalue weighted by Crippen LogP contribution is -2.34. The van der Waals surface area contributed by atoms with Crippen molar-refractivity contribution in [2.45, 2.75) is 32.7 Å². The normalized spacial score (nSPS) is 12.6. The Kier molecular flexibility index (Phi) is 4.55. The number of halogens is 1. The summed E-state index contributed by atoms with van der Waals surface area (Å²) in [5.41, 5.74) is 6.68. The van der Waals surface area contributed by atoms with Crippen LogP contribution in [0.15, 0.2) is 18.2 Å². The molecule has 1 aromatic carbocycles. The average molecular weight is 311 g/mol. The predicted octanol–water partition coefficient (Wildman–Crippen LogP) is 4.40. The molecule has 1 heterocycles. The number of rotatable bonds is 4. The van der Waals surface area contributed by atoms with E-state index < -0.39 is 0 Å². The number of nitrogens with zero attached hydrogens (tertiary/aromatic N) is 1. The Bertz CT molecular complexity index is 638. The van der Waals surface area contributed by atoms with E-state index in [0.29, 0.717) is 15.6 Å². The van der Waals surface area contributed by atoms with Crippen molar-refractivity contribution in [1.29, 1.82) is 0 Å². The lowest BCUT2D eigenvalue weighted by Gasteiger charge is -2.24. The number of anilines is 1. The largest absolute Gasteiger partial charge is 0.397 e. The van der Waals surface area contributed by atoms with Crippen LogP contribution in [-0.2, 0) is 0 Å². The molecule has 3 nitrogen and oxygen atoms in total. The van der Waals surface area contributed by atoms with Crippen LogP contribution in [0.1, 0.15) is 36.4 Å². The van der Waals surface area contributed by atoms with Gasteiger partial charge in [0.05, 0.1) is 5.69 Å². The predicted molar refractivity (Wildman–Crippen MR) is 87.7 cm³/mol. The van der Waals surface area contributed by atoms with E-state index in [4.69, 9.17) is 17.3 Å². The van der Waals surface area contributed by atoms with Crippen molar-refractivity contribution in [3.05, 3.63) is 28.1 Å². The molecule has 20 heavy (non-hydrogen) atoms. The van der Waals surface area contributed by atoms with Gasteiger partial charge in [0.15, 0.2) is 0 Å². The van der Waals surface area contributed by atoms with Crippen LogP contribution in [0.25, 0.3) is 10.1 Å². The van der Waals surface area contributed by atoms with Gasteiger partial charge in [0, 0.05) is 28.2 Å². The van der Waals surface area contributed by atoms with E-state index in [9.17, 15) is 4.79 Å². The van der Waals surface area contributed by atoms with Crippen LogP contribution in [0.2, 0.25) is 5.02 Å². The summed E-state index contributed by atoms with van der Waals surface area (Å²) in [6.45, 7) is 4.17. The quantitative estimate of drug-likeness (QED) is 0.910. The summed E-state index contributed by atoms with van der Waals surface area (Å²) in [6.07, 6.45) is 2.04. The second-order valence-corrected chi connectivity index (χ2v) is 6.53. The number of amides is 1. The van der Waals surface area contributed by atoms with Gasteiger partial charge in [0.2, 0.25) is 0 Å². The highest BCUT2D eigenvalue weighted by molar-refractivity contribution is 7.21. The monoisotopic (exact) mass is 310 g/mol. The third kappa shape index (κ3) is 2.76. The highest BCUT2D eigenvalue weighted by Crippen LogP contribution is 2.36. The first-order valence-electron chi connectivity index (χ1n) is 6.70. The Morgan fingerprint density at radius 1 is 1.50 bits per heavy atom. The van der Waals surface area contributed by atoms with Gasteiger partial charge in [-0.25, -0.2) is 0 Å². The maximum absolute atomic E-state index is 12.6. The molecule has 1 unspecified atom stereocenters. The van der Waals surface area contributed by atoms with Gasteiger partial charge in [-0.15, -0.1) is 11.3 Å². The Hall–Kier alpha value is -1.26. The number of thiophene rings is 1. The summed E-state index contributed by atoms with van der Waals surface area (Å²) in [6, 6.07) is 5.73. The van der Waals surface area contributed by atoms with Gasteiger partial charge >= 0.3 is 0 Å². The molecule has 2 rings (SSSR count). The summed E-state index contributed by atoms with van der Waals surface area (Å²) in [5, 5.41) is 1.56. The molecule has 0 saturated carbocycles. The molecule has 0 bridgehead atoms. The van der Waals surface area contributed by atoms with E-state index >= 15 is 0 Å². The molecule has 2 N–H and O–H groups in total. The molecule has 1 aromatic heterocycles. The van der Waals surface area contributed by atoms with Crippen LogP contribution >= 0.6 is 22.9 Å². The summed E-state index contributed by atoms with van der Waals surface area (Å²) in [7, 11) is 1.83. The number of nitrogens with two attached hydrogens (primary N) is 1. The molecule has 0 aliphatic rings. The molecule has 2 aromatic rings. The zero-order chi connectivity index (χ0) is 14.9. The van der Waals surface area contributed by atoms with Gasteiger partial charge in [-0.1, -0.05) is 24.9 Å². The second-order valence-electron chi connectivity index (χ2n) is 5.04. The molecule has 1 atom stereocenters. The molecule has 1 amide bonds. The van der Waals surface area contributed by atoms with Crippen molar-refractivity contribution in [2.24, 2.45) is 0 Å². The van der Waals surface area contributed by atoms with Crippen molar-refractivity contribution in [3.8, 4) is 0 Å². The van der Waals surface area contributed by atoms with Crippen molar-refractivity contribution in [1.82, 2.24) is 4.90 Å². The molecule has 0 spiro atoms. The number of hydrogen-bond donors (Lipinski definition) is 1. The first kappa shape index (κ1) is 15.1. The maximum Gasteiger partial charge on any atom is 0.266 e. The zero-order valence-electron chi connectivity index (χ0n) is 11.9. The number of fused-ring (bicyclic) bond motifs is 1. The molecule has 108 valence electrons. The minimum absolute atomic E-state index is 0.0132. The topological polar surface area (TPSA) is 46.3 Å². The molecule has 0 saturated heterocycles. The SMILES string of the molecule is CCCC(C)N(C)C(=O)c1sc2cc(Cl)ccc2c1N. The van der Waals surface area contributed by atoms with Gasteiger partial charge in [0.25, 0.3) is 5.91 Å². The van der Waals surface area contributed by atoms with Crippen molar-refractivity contribution in [3.63, 3.8) is 0 Å². The van der Waals surface area contributed by atoms with Crippen molar-refractivity contribution < 1.29 is 4.79 Å². The van der Waals surface area contributed by atoms with Crippen LogP contribution < -0.4 is 5.73 Å². The third-order valence-corrected chi connectivity index (χ3v) is 4.96. The third-order valence-electron chi connectivity index (χ3n) is 3.57. The Morgan fingerprint density at radius 3 is 2.85 bits per heavy atom. The second kappa shape index (κ2) is 6.02. The number of benzene rings is 1. The fraction of sp³-hybridized carbons (Fsp3) is 0.400. The fourth-order valence-electron chi connectivity index (χ4n) is 2.22. The summed E-state index contributed by atoms with van der Waals surface area (Å²) >= 11 is 7.39. The lowest BCUT2D eigenvalue weighted by molar-refractivity contribution is 0.0742. The fourth-order valence-corrected chi connectivity index (χ4v) is 3.60. The molecule has 0 aliphatic heterocycles. The van der Waals surface area contributed by atoms with Crippen LogP contribution in [-0.4, -0.2) is 23.9 Å². The van der Waals surface area contributed by atoms with E-state index in [2.05, 4.69) is 13.8 Å². The van der Waals surface area contributed by atoms with E-state index in [1.165, 1.54) is 11.3 Å². The van der Waals surface area contributed by atoms with Gasteiger partial charge < -0.3 is 10.6 Å². The van der Waals surface area contributed by atoms with Gasteiger partial charge in [-0.05, 0) is 31.5 Å². The van der Waals surface area contributed by atoms with Crippen molar-refractivity contribution >= 4 is 44.6 Å². The van der Waals surface area contributed by atoms with Crippen LogP contribution in [0.4, 0.5) is 5.69 Å². The van der Waals surface area contributed by atoms with E-state index in [1.54, 1.807) is 11.0 Å². The number of nitrogen functional groups attached to an aromatic ring is 1. The average Bonchev–Trinajstić information content (AvgIpc) is 2.74. The number of carbonyl (C=O) groups is 1. The van der Waals surface area contributed by atoms with Gasteiger partial charge in [-0.2, -0.15) is 0 Å². The first-order valence-corrected chi connectivity index (χ1v) is 7.89. The Morgan fingerprint density at radius 2 is 2.20 bits per heavy atom. The molecule has 5 heteroatoms. The molecule has 0 fully saturated rings. The van der Waals surface area contributed by atoms with Crippen LogP contribution in [0.5, 0.6) is 0 Å².